The number of amides is 3. The number of carbonyl (C=O) groups is 2. The smallest absolute Gasteiger partial charge is 0.329 e. The molecular weight excluding hydrogens is 502 g/mol. The number of nitrogens with zero attached hydrogens (tertiary/aromatic N) is 2. The average molecular weight is 522 g/mol. The fourth-order valence-corrected chi connectivity index (χ4v) is 3.76. The monoisotopic (exact) mass is 521 g/mol. The van der Waals surface area contributed by atoms with Crippen molar-refractivity contribution < 1.29 is 19.2 Å². The number of ether oxygens (including phenoxy) is 1. The molecule has 9 heteroatoms. The van der Waals surface area contributed by atoms with Gasteiger partial charge in [0.05, 0.1) is 11.5 Å². The number of aryl methyl sites for hydroxylation is 1. The molecule has 8 nitrogen and oxygen atoms in total. The summed E-state index contributed by atoms with van der Waals surface area (Å²) in [5.41, 5.74) is 3.44. The van der Waals surface area contributed by atoms with Crippen LogP contribution >= 0.6 is 15.9 Å². The van der Waals surface area contributed by atoms with Crippen LogP contribution in [0, 0.1) is 17.0 Å². The number of hydrogen-bond donors (Lipinski definition) is 1. The first-order chi connectivity index (χ1) is 16.3. The number of nitro benzene ring substituents is 1. The third-order valence-corrected chi connectivity index (χ3v) is 5.73. The van der Waals surface area contributed by atoms with Crippen molar-refractivity contribution in [1.82, 2.24) is 10.2 Å². The largest absolute Gasteiger partial charge is 0.488 e. The van der Waals surface area contributed by atoms with Crippen LogP contribution in [0.4, 0.5) is 10.5 Å². The number of hydrogen-bond acceptors (Lipinski definition) is 5. The SMILES string of the molecule is Cc1ccc(CN2C(=O)N/C(=C/c3cc(Br)ccc3OCc3ccc([N+](=O)[O-])cc3)C2=O)cc1. The highest BCUT2D eigenvalue weighted by molar-refractivity contribution is 9.10. The second-order valence-corrected chi connectivity index (χ2v) is 8.68. The zero-order valence-electron chi connectivity index (χ0n) is 18.2. The van der Waals surface area contributed by atoms with Gasteiger partial charge in [-0.1, -0.05) is 45.8 Å². The lowest BCUT2D eigenvalue weighted by molar-refractivity contribution is -0.384. The number of imide groups is 1. The summed E-state index contributed by atoms with van der Waals surface area (Å²) in [4.78, 5) is 36.9. The van der Waals surface area contributed by atoms with Crippen LogP contribution in [0.25, 0.3) is 6.08 Å². The summed E-state index contributed by atoms with van der Waals surface area (Å²) < 4.78 is 6.69. The number of benzene rings is 3. The van der Waals surface area contributed by atoms with E-state index >= 15 is 0 Å². The van der Waals surface area contributed by atoms with Gasteiger partial charge in [0.15, 0.2) is 0 Å². The van der Waals surface area contributed by atoms with E-state index in [1.54, 1.807) is 36.4 Å². The number of halogens is 1. The van der Waals surface area contributed by atoms with E-state index in [1.165, 1.54) is 12.1 Å². The highest BCUT2D eigenvalue weighted by Crippen LogP contribution is 2.28. The van der Waals surface area contributed by atoms with Crippen molar-refractivity contribution >= 4 is 39.6 Å². The number of rotatable bonds is 7. The summed E-state index contributed by atoms with van der Waals surface area (Å²) >= 11 is 3.42. The van der Waals surface area contributed by atoms with E-state index in [4.69, 9.17) is 4.74 Å². The number of non-ortho nitro benzene ring substituents is 1. The van der Waals surface area contributed by atoms with Crippen LogP contribution in [0.2, 0.25) is 0 Å². The molecule has 172 valence electrons. The number of nitrogens with one attached hydrogen (secondary N) is 1. The van der Waals surface area contributed by atoms with Crippen LogP contribution in [-0.4, -0.2) is 21.8 Å². The topological polar surface area (TPSA) is 102 Å². The quantitative estimate of drug-likeness (QED) is 0.196. The minimum absolute atomic E-state index is 0.00323. The van der Waals surface area contributed by atoms with Gasteiger partial charge >= 0.3 is 6.03 Å². The van der Waals surface area contributed by atoms with Crippen LogP contribution in [-0.2, 0) is 17.9 Å². The Morgan fingerprint density at radius 3 is 2.38 bits per heavy atom. The molecule has 3 aromatic carbocycles. The van der Waals surface area contributed by atoms with E-state index in [0.29, 0.717) is 11.3 Å². The van der Waals surface area contributed by atoms with Gasteiger partial charge in [-0.2, -0.15) is 0 Å². The normalized spacial score (nSPS) is 14.4. The molecule has 3 amide bonds. The lowest BCUT2D eigenvalue weighted by Gasteiger charge is -2.12. The number of urea groups is 1. The Morgan fingerprint density at radius 1 is 1.03 bits per heavy atom. The summed E-state index contributed by atoms with van der Waals surface area (Å²) in [6.45, 7) is 2.32. The molecule has 3 aromatic rings. The van der Waals surface area contributed by atoms with Crippen molar-refractivity contribution in [1.29, 1.82) is 0 Å². The first kappa shape index (κ1) is 23.2. The van der Waals surface area contributed by atoms with Crippen LogP contribution in [0.1, 0.15) is 22.3 Å². The van der Waals surface area contributed by atoms with E-state index in [1.807, 2.05) is 31.2 Å². The van der Waals surface area contributed by atoms with E-state index in [0.717, 1.165) is 26.1 Å². The van der Waals surface area contributed by atoms with Gasteiger partial charge in [-0.05, 0) is 54.5 Å². The molecule has 1 heterocycles. The lowest BCUT2D eigenvalue weighted by atomic mass is 10.1. The van der Waals surface area contributed by atoms with Crippen molar-refractivity contribution in [3.63, 3.8) is 0 Å². The Labute approximate surface area is 204 Å². The van der Waals surface area contributed by atoms with E-state index < -0.39 is 16.9 Å². The van der Waals surface area contributed by atoms with Crippen LogP contribution in [0.5, 0.6) is 5.75 Å². The van der Waals surface area contributed by atoms with Crippen LogP contribution < -0.4 is 10.1 Å². The van der Waals surface area contributed by atoms with Gasteiger partial charge in [0.2, 0.25) is 0 Å². The summed E-state index contributed by atoms with van der Waals surface area (Å²) in [6.07, 6.45) is 1.57. The minimum Gasteiger partial charge on any atom is -0.488 e. The van der Waals surface area contributed by atoms with Crippen molar-refractivity contribution in [3.05, 3.63) is 109 Å². The molecule has 1 fully saturated rings. The van der Waals surface area contributed by atoms with Crippen molar-refractivity contribution in [2.75, 3.05) is 0 Å². The molecule has 0 aliphatic carbocycles. The molecule has 1 N–H and O–H groups in total. The fourth-order valence-electron chi connectivity index (χ4n) is 3.39. The molecular formula is C25H20BrN3O5. The minimum atomic E-state index is -0.486. The molecule has 0 atom stereocenters. The maximum atomic E-state index is 12.9. The van der Waals surface area contributed by atoms with Gasteiger partial charge in [0, 0.05) is 22.2 Å². The van der Waals surface area contributed by atoms with Crippen molar-refractivity contribution in [3.8, 4) is 5.75 Å². The van der Waals surface area contributed by atoms with Gasteiger partial charge in [-0.3, -0.25) is 19.8 Å². The molecule has 0 saturated carbocycles. The molecule has 4 rings (SSSR count). The van der Waals surface area contributed by atoms with Crippen molar-refractivity contribution in [2.24, 2.45) is 0 Å². The molecule has 1 aliphatic heterocycles. The molecule has 0 radical (unpaired) electrons. The Bertz CT molecular complexity index is 1290. The lowest BCUT2D eigenvalue weighted by Crippen LogP contribution is -2.30. The third kappa shape index (κ3) is 5.32. The standard InChI is InChI=1S/C25H20BrN3O5/c1-16-2-4-17(5-3-16)14-28-24(30)22(27-25(28)31)13-19-12-20(26)8-11-23(19)34-15-18-6-9-21(10-7-18)29(32)33/h2-13H,14-15H2,1H3,(H,27,31)/b22-13+. The molecule has 1 saturated heterocycles. The predicted molar refractivity (Wildman–Crippen MR) is 130 cm³/mol. The highest BCUT2D eigenvalue weighted by Gasteiger charge is 2.33. The average Bonchev–Trinajstić information content (AvgIpc) is 3.07. The van der Waals surface area contributed by atoms with Gasteiger partial charge in [0.1, 0.15) is 18.1 Å². The Balaban J connectivity index is 1.52. The van der Waals surface area contributed by atoms with E-state index in [2.05, 4.69) is 21.2 Å². The van der Waals surface area contributed by atoms with Crippen LogP contribution in [0.15, 0.2) is 76.9 Å². The fraction of sp³-hybridized carbons (Fsp3) is 0.120. The molecule has 0 aromatic heterocycles. The maximum absolute atomic E-state index is 12.9. The molecule has 0 unspecified atom stereocenters. The van der Waals surface area contributed by atoms with Gasteiger partial charge in [-0.25, -0.2) is 4.79 Å². The van der Waals surface area contributed by atoms with Gasteiger partial charge in [0.25, 0.3) is 11.6 Å². The summed E-state index contributed by atoms with van der Waals surface area (Å²) in [7, 11) is 0. The van der Waals surface area contributed by atoms with Crippen molar-refractivity contribution in [2.45, 2.75) is 20.1 Å². The predicted octanol–water partition coefficient (Wildman–Crippen LogP) is 5.34. The van der Waals surface area contributed by atoms with E-state index in [9.17, 15) is 19.7 Å². The third-order valence-electron chi connectivity index (χ3n) is 5.24. The summed E-state index contributed by atoms with van der Waals surface area (Å²) in [6, 6.07) is 18.5. The second-order valence-electron chi connectivity index (χ2n) is 7.76. The zero-order valence-corrected chi connectivity index (χ0v) is 19.7. The Kier molecular flexibility index (Phi) is 6.74. The molecule has 0 bridgehead atoms. The molecule has 1 aliphatic rings. The Morgan fingerprint density at radius 2 is 1.71 bits per heavy atom. The van der Waals surface area contributed by atoms with Gasteiger partial charge in [-0.15, -0.1) is 0 Å². The second kappa shape index (κ2) is 9.88. The highest BCUT2D eigenvalue weighted by atomic mass is 79.9. The van der Waals surface area contributed by atoms with E-state index in [-0.39, 0.29) is 24.5 Å². The Hall–Kier alpha value is -3.98. The summed E-state index contributed by atoms with van der Waals surface area (Å²) in [5, 5.41) is 13.5. The maximum Gasteiger partial charge on any atom is 0.329 e. The zero-order chi connectivity index (χ0) is 24.2. The van der Waals surface area contributed by atoms with Crippen LogP contribution in [0.3, 0.4) is 0 Å². The summed E-state index contributed by atoms with van der Waals surface area (Å²) in [5.74, 6) is 0.0694. The number of nitro groups is 1. The first-order valence-corrected chi connectivity index (χ1v) is 11.2. The first-order valence-electron chi connectivity index (χ1n) is 10.4. The van der Waals surface area contributed by atoms with Gasteiger partial charge < -0.3 is 10.1 Å². The number of carbonyl (C=O) groups excluding carboxylic acids is 2. The molecule has 34 heavy (non-hydrogen) atoms. The molecule has 0 spiro atoms.